The molecule has 1 aliphatic heterocycles. The lowest BCUT2D eigenvalue weighted by molar-refractivity contribution is 0.0621. The largest absolute Gasteiger partial charge is 0.471 e. The van der Waals surface area contributed by atoms with Gasteiger partial charge in [0.05, 0.1) is 0 Å². The van der Waals surface area contributed by atoms with Crippen LogP contribution in [0.25, 0.3) is 0 Å². The highest BCUT2D eigenvalue weighted by atomic mass is 35.5. The Hall–Kier alpha value is -2.54. The van der Waals surface area contributed by atoms with Crippen LogP contribution in [0.3, 0.4) is 0 Å². The summed E-state index contributed by atoms with van der Waals surface area (Å²) in [7, 11) is 0. The molecule has 0 bridgehead atoms. The number of piperazine rings is 1. The van der Waals surface area contributed by atoms with Gasteiger partial charge >= 0.3 is 0 Å². The van der Waals surface area contributed by atoms with Gasteiger partial charge in [0.1, 0.15) is 5.75 Å². The number of amides is 1. The van der Waals surface area contributed by atoms with Gasteiger partial charge in [-0.15, -0.1) is 0 Å². The molecule has 0 saturated carbocycles. The van der Waals surface area contributed by atoms with E-state index >= 15 is 0 Å². The van der Waals surface area contributed by atoms with Gasteiger partial charge in [0.25, 0.3) is 5.91 Å². The van der Waals surface area contributed by atoms with Gasteiger partial charge in [0, 0.05) is 49.0 Å². The van der Waals surface area contributed by atoms with E-state index in [4.69, 9.17) is 27.9 Å². The predicted molar refractivity (Wildman–Crippen MR) is 122 cm³/mol. The summed E-state index contributed by atoms with van der Waals surface area (Å²) in [6.07, 6.45) is 1.76. The summed E-state index contributed by atoms with van der Waals surface area (Å²) in [5.41, 5.74) is 2.60. The number of aromatic nitrogens is 2. The molecular formula is C23H24Cl2N4O2. The van der Waals surface area contributed by atoms with Gasteiger partial charge < -0.3 is 9.64 Å². The van der Waals surface area contributed by atoms with Crippen LogP contribution in [0.15, 0.2) is 54.7 Å². The number of aryl methyl sites for hydroxylation is 1. The average Bonchev–Trinajstić information content (AvgIpc) is 3.25. The molecular weight excluding hydrogens is 435 g/mol. The number of carbonyl (C=O) groups is 1. The van der Waals surface area contributed by atoms with Gasteiger partial charge in [-0.05, 0) is 54.4 Å². The zero-order chi connectivity index (χ0) is 21.8. The van der Waals surface area contributed by atoms with E-state index in [1.807, 2.05) is 48.2 Å². The minimum absolute atomic E-state index is 0.0489. The molecule has 1 amide bonds. The van der Waals surface area contributed by atoms with Gasteiger partial charge in [0.15, 0.2) is 12.4 Å². The number of nitrogens with zero attached hydrogens (tertiary/aromatic N) is 4. The van der Waals surface area contributed by atoms with Crippen molar-refractivity contribution in [2.24, 2.45) is 0 Å². The minimum Gasteiger partial charge on any atom is -0.471 e. The van der Waals surface area contributed by atoms with Crippen molar-refractivity contribution in [1.82, 2.24) is 19.6 Å². The number of carbonyl (C=O) groups excluding carboxylic acids is 1. The minimum atomic E-state index is -0.0489. The van der Waals surface area contributed by atoms with E-state index in [-0.39, 0.29) is 12.6 Å². The molecule has 4 rings (SSSR count). The van der Waals surface area contributed by atoms with Crippen molar-refractivity contribution in [2.45, 2.75) is 20.2 Å². The number of benzene rings is 2. The van der Waals surface area contributed by atoms with Crippen molar-refractivity contribution < 1.29 is 9.53 Å². The molecule has 2 aromatic carbocycles. The lowest BCUT2D eigenvalue weighted by Gasteiger charge is -2.34. The third kappa shape index (κ3) is 5.58. The van der Waals surface area contributed by atoms with E-state index in [1.54, 1.807) is 23.0 Å². The predicted octanol–water partition coefficient (Wildman–Crippen LogP) is 4.49. The Morgan fingerprint density at radius 2 is 1.77 bits per heavy atom. The highest BCUT2D eigenvalue weighted by Gasteiger charge is 2.23. The molecule has 8 heteroatoms. The maximum absolute atomic E-state index is 12.8. The molecule has 1 aliphatic rings. The Bertz CT molecular complexity index is 1040. The summed E-state index contributed by atoms with van der Waals surface area (Å²) in [6.45, 7) is 6.02. The number of halogens is 2. The van der Waals surface area contributed by atoms with Crippen molar-refractivity contribution in [3.63, 3.8) is 0 Å². The second kappa shape index (κ2) is 9.73. The smallest absolute Gasteiger partial charge is 0.274 e. The summed E-state index contributed by atoms with van der Waals surface area (Å²) in [6, 6.07) is 15.1. The number of ether oxygens (including phenoxy) is 1. The van der Waals surface area contributed by atoms with Gasteiger partial charge in [-0.1, -0.05) is 35.3 Å². The van der Waals surface area contributed by atoms with Crippen LogP contribution < -0.4 is 4.74 Å². The van der Waals surface area contributed by atoms with Crippen LogP contribution in [0, 0.1) is 6.92 Å². The molecule has 162 valence electrons. The van der Waals surface area contributed by atoms with Crippen molar-refractivity contribution in [2.75, 3.05) is 26.2 Å². The van der Waals surface area contributed by atoms with Crippen LogP contribution in [-0.4, -0.2) is 51.7 Å². The fraction of sp³-hybridized carbons (Fsp3) is 0.304. The van der Waals surface area contributed by atoms with Crippen molar-refractivity contribution in [1.29, 1.82) is 0 Å². The first-order valence-electron chi connectivity index (χ1n) is 10.2. The quantitative estimate of drug-likeness (QED) is 0.545. The van der Waals surface area contributed by atoms with Crippen LogP contribution in [0.1, 0.15) is 21.6 Å². The molecule has 3 aromatic rings. The van der Waals surface area contributed by atoms with Crippen molar-refractivity contribution >= 4 is 29.1 Å². The molecule has 1 fully saturated rings. The fourth-order valence-corrected chi connectivity index (χ4v) is 3.76. The van der Waals surface area contributed by atoms with E-state index in [0.717, 1.165) is 30.2 Å². The van der Waals surface area contributed by atoms with Crippen molar-refractivity contribution in [3.05, 3.63) is 81.6 Å². The lowest BCUT2D eigenvalue weighted by atomic mass is 10.2. The SMILES string of the molecule is Cc1cc(OCn2ccc(C(=O)N3CCN(Cc4ccc(Cl)cc4)CC3)n2)ccc1Cl. The fourth-order valence-electron chi connectivity index (χ4n) is 3.51. The van der Waals surface area contributed by atoms with E-state index in [9.17, 15) is 4.79 Å². The number of hydrogen-bond acceptors (Lipinski definition) is 4. The van der Waals surface area contributed by atoms with Gasteiger partial charge in [-0.2, -0.15) is 5.10 Å². The molecule has 1 saturated heterocycles. The highest BCUT2D eigenvalue weighted by Crippen LogP contribution is 2.21. The Morgan fingerprint density at radius 3 is 2.48 bits per heavy atom. The monoisotopic (exact) mass is 458 g/mol. The van der Waals surface area contributed by atoms with Crippen LogP contribution in [0.5, 0.6) is 5.75 Å². The second-order valence-electron chi connectivity index (χ2n) is 7.62. The van der Waals surface area contributed by atoms with Crippen molar-refractivity contribution in [3.8, 4) is 5.75 Å². The van der Waals surface area contributed by atoms with E-state index < -0.39 is 0 Å². The summed E-state index contributed by atoms with van der Waals surface area (Å²) < 4.78 is 7.37. The zero-order valence-electron chi connectivity index (χ0n) is 17.3. The topological polar surface area (TPSA) is 50.6 Å². The molecule has 0 spiro atoms. The van der Waals surface area contributed by atoms with Crippen LogP contribution >= 0.6 is 23.2 Å². The van der Waals surface area contributed by atoms with E-state index in [0.29, 0.717) is 29.6 Å². The van der Waals surface area contributed by atoms with E-state index in [1.165, 1.54) is 5.56 Å². The normalized spacial score (nSPS) is 14.6. The second-order valence-corrected chi connectivity index (χ2v) is 8.46. The molecule has 0 unspecified atom stereocenters. The Labute approximate surface area is 191 Å². The van der Waals surface area contributed by atoms with Crippen LogP contribution in [-0.2, 0) is 13.3 Å². The highest BCUT2D eigenvalue weighted by molar-refractivity contribution is 6.31. The molecule has 2 heterocycles. The average molecular weight is 459 g/mol. The molecule has 0 N–H and O–H groups in total. The number of rotatable bonds is 6. The first kappa shape index (κ1) is 21.7. The third-order valence-electron chi connectivity index (χ3n) is 5.33. The van der Waals surface area contributed by atoms with Crippen LogP contribution in [0.4, 0.5) is 0 Å². The zero-order valence-corrected chi connectivity index (χ0v) is 18.8. The summed E-state index contributed by atoms with van der Waals surface area (Å²) in [5, 5.41) is 5.83. The summed E-state index contributed by atoms with van der Waals surface area (Å²) in [5.74, 6) is 0.661. The molecule has 6 nitrogen and oxygen atoms in total. The third-order valence-corrected chi connectivity index (χ3v) is 6.01. The van der Waals surface area contributed by atoms with Crippen LogP contribution in [0.2, 0.25) is 10.0 Å². The van der Waals surface area contributed by atoms with E-state index in [2.05, 4.69) is 10.00 Å². The molecule has 0 aliphatic carbocycles. The molecule has 0 atom stereocenters. The number of hydrogen-bond donors (Lipinski definition) is 0. The van der Waals surface area contributed by atoms with Gasteiger partial charge in [-0.25, -0.2) is 4.68 Å². The van der Waals surface area contributed by atoms with Gasteiger partial charge in [-0.3, -0.25) is 9.69 Å². The first-order valence-corrected chi connectivity index (χ1v) is 10.9. The maximum Gasteiger partial charge on any atom is 0.274 e. The Kier molecular flexibility index (Phi) is 6.80. The molecule has 1 aromatic heterocycles. The summed E-state index contributed by atoms with van der Waals surface area (Å²) in [4.78, 5) is 17.0. The standard InChI is InChI=1S/C23H24Cl2N4O2/c1-17-14-20(6-7-21(17)25)31-16-29-9-8-22(26-29)23(30)28-12-10-27(11-13-28)15-18-2-4-19(24)5-3-18/h2-9,14H,10-13,15-16H2,1H3. The first-order chi connectivity index (χ1) is 15.0. The Balaban J connectivity index is 1.27. The maximum atomic E-state index is 12.8. The molecule has 31 heavy (non-hydrogen) atoms. The van der Waals surface area contributed by atoms with Gasteiger partial charge in [0.2, 0.25) is 0 Å². The summed E-state index contributed by atoms with van der Waals surface area (Å²) >= 11 is 12.0. The lowest BCUT2D eigenvalue weighted by Crippen LogP contribution is -2.48. The Morgan fingerprint density at radius 1 is 1.03 bits per heavy atom. The molecule has 0 radical (unpaired) electrons.